The Morgan fingerprint density at radius 1 is 1.36 bits per heavy atom. The Morgan fingerprint density at radius 3 is 3.18 bits per heavy atom. The van der Waals surface area contributed by atoms with E-state index in [4.69, 9.17) is 9.78 Å². The first-order valence-electron chi connectivity index (χ1n) is 3.44. The minimum absolute atomic E-state index is 0.228. The summed E-state index contributed by atoms with van der Waals surface area (Å²) >= 11 is 0. The predicted octanol–water partition coefficient (Wildman–Crippen LogP) is 1.69. The number of halogens is 1. The number of benzene rings is 1. The highest BCUT2D eigenvalue weighted by molar-refractivity contribution is 5.34. The molecule has 0 bridgehead atoms. The molecule has 1 aromatic rings. The lowest BCUT2D eigenvalue weighted by Gasteiger charge is -2.14. The van der Waals surface area contributed by atoms with Gasteiger partial charge in [0.2, 0.25) is 0 Å². The van der Waals surface area contributed by atoms with Crippen LogP contribution >= 0.6 is 0 Å². The van der Waals surface area contributed by atoms with E-state index in [9.17, 15) is 4.39 Å². The second kappa shape index (κ2) is 2.51. The first kappa shape index (κ1) is 6.61. The van der Waals surface area contributed by atoms with Crippen LogP contribution in [0.15, 0.2) is 18.2 Å². The molecule has 58 valence electrons. The van der Waals surface area contributed by atoms with Crippen LogP contribution in [-0.4, -0.2) is 6.61 Å². The SMILES string of the molecule is Fc1ccc2c(c1)CCOO2. The van der Waals surface area contributed by atoms with Crippen molar-refractivity contribution in [2.24, 2.45) is 0 Å². The lowest BCUT2D eigenvalue weighted by atomic mass is 10.1. The zero-order valence-electron chi connectivity index (χ0n) is 5.84. The molecule has 2 rings (SSSR count). The molecular weight excluding hydrogens is 147 g/mol. The van der Waals surface area contributed by atoms with Gasteiger partial charge in [-0.2, -0.15) is 4.89 Å². The fourth-order valence-corrected chi connectivity index (χ4v) is 1.08. The van der Waals surface area contributed by atoms with Gasteiger partial charge in [0.05, 0.1) is 6.61 Å². The van der Waals surface area contributed by atoms with Gasteiger partial charge < -0.3 is 4.89 Å². The molecular formula is C8H7FO2. The summed E-state index contributed by atoms with van der Waals surface area (Å²) in [5.74, 6) is 0.395. The minimum atomic E-state index is -0.228. The highest BCUT2D eigenvalue weighted by atomic mass is 19.1. The molecule has 0 radical (unpaired) electrons. The van der Waals surface area contributed by atoms with Gasteiger partial charge in [0, 0.05) is 12.0 Å². The lowest BCUT2D eigenvalue weighted by Crippen LogP contribution is -2.10. The third kappa shape index (κ3) is 1.19. The molecule has 0 unspecified atom stereocenters. The summed E-state index contributed by atoms with van der Waals surface area (Å²) in [4.78, 5) is 9.53. The van der Waals surface area contributed by atoms with Crippen molar-refractivity contribution < 1.29 is 14.2 Å². The van der Waals surface area contributed by atoms with Crippen LogP contribution in [0.2, 0.25) is 0 Å². The van der Waals surface area contributed by atoms with E-state index in [1.54, 1.807) is 6.07 Å². The van der Waals surface area contributed by atoms with Gasteiger partial charge in [-0.25, -0.2) is 4.39 Å². The van der Waals surface area contributed by atoms with Gasteiger partial charge in [0.25, 0.3) is 0 Å². The topological polar surface area (TPSA) is 18.5 Å². The Morgan fingerprint density at radius 2 is 2.27 bits per heavy atom. The van der Waals surface area contributed by atoms with E-state index in [1.807, 2.05) is 0 Å². The van der Waals surface area contributed by atoms with Gasteiger partial charge in [-0.15, -0.1) is 0 Å². The molecule has 2 nitrogen and oxygen atoms in total. The van der Waals surface area contributed by atoms with E-state index in [2.05, 4.69) is 0 Å². The fourth-order valence-electron chi connectivity index (χ4n) is 1.08. The van der Waals surface area contributed by atoms with Crippen LogP contribution in [-0.2, 0) is 11.3 Å². The van der Waals surface area contributed by atoms with Crippen LogP contribution in [0.5, 0.6) is 5.75 Å². The van der Waals surface area contributed by atoms with E-state index < -0.39 is 0 Å². The van der Waals surface area contributed by atoms with Crippen molar-refractivity contribution >= 4 is 0 Å². The van der Waals surface area contributed by atoms with E-state index in [0.717, 1.165) is 5.56 Å². The summed E-state index contributed by atoms with van der Waals surface area (Å²) in [6, 6.07) is 4.40. The summed E-state index contributed by atoms with van der Waals surface area (Å²) in [6.07, 6.45) is 0.715. The first-order chi connectivity index (χ1) is 5.36. The Labute approximate surface area is 63.5 Å². The van der Waals surface area contributed by atoms with Gasteiger partial charge in [-0.05, 0) is 18.2 Å². The molecule has 0 aliphatic carbocycles. The molecule has 0 N–H and O–H groups in total. The Bertz CT molecular complexity index is 273. The molecule has 0 aromatic heterocycles. The van der Waals surface area contributed by atoms with E-state index in [1.165, 1.54) is 12.1 Å². The quantitative estimate of drug-likeness (QED) is 0.529. The normalized spacial score (nSPS) is 15.4. The first-order valence-corrected chi connectivity index (χ1v) is 3.44. The number of hydrogen-bond acceptors (Lipinski definition) is 2. The van der Waals surface area contributed by atoms with Crippen molar-refractivity contribution in [3.8, 4) is 5.75 Å². The van der Waals surface area contributed by atoms with Gasteiger partial charge in [0.15, 0.2) is 5.75 Å². The van der Waals surface area contributed by atoms with Crippen LogP contribution in [0.4, 0.5) is 4.39 Å². The molecule has 1 aliphatic heterocycles. The number of fused-ring (bicyclic) bond motifs is 1. The standard InChI is InChI=1S/C8H7FO2/c9-7-1-2-8-6(5-7)3-4-10-11-8/h1-2,5H,3-4H2. The van der Waals surface area contributed by atoms with E-state index in [-0.39, 0.29) is 5.82 Å². The Hall–Kier alpha value is -1.09. The monoisotopic (exact) mass is 154 g/mol. The molecule has 1 aromatic carbocycles. The molecule has 0 spiro atoms. The molecule has 0 fully saturated rings. The number of rotatable bonds is 0. The van der Waals surface area contributed by atoms with Gasteiger partial charge in [0.1, 0.15) is 5.82 Å². The predicted molar refractivity (Wildman–Crippen MR) is 36.7 cm³/mol. The molecule has 0 atom stereocenters. The highest BCUT2D eigenvalue weighted by Crippen LogP contribution is 2.23. The van der Waals surface area contributed by atoms with Crippen molar-refractivity contribution in [2.45, 2.75) is 6.42 Å². The third-order valence-corrected chi connectivity index (χ3v) is 1.63. The maximum Gasteiger partial charge on any atom is 0.168 e. The summed E-state index contributed by atoms with van der Waals surface area (Å²) < 4.78 is 12.6. The maximum atomic E-state index is 12.6. The summed E-state index contributed by atoms with van der Waals surface area (Å²) in [5.41, 5.74) is 0.872. The second-order valence-electron chi connectivity index (χ2n) is 2.41. The molecule has 0 amide bonds. The number of hydrogen-bond donors (Lipinski definition) is 0. The van der Waals surface area contributed by atoms with Gasteiger partial charge >= 0.3 is 0 Å². The average Bonchev–Trinajstić information content (AvgIpc) is 2.04. The van der Waals surface area contributed by atoms with Crippen molar-refractivity contribution in [1.82, 2.24) is 0 Å². The smallest absolute Gasteiger partial charge is 0.168 e. The zero-order valence-corrected chi connectivity index (χ0v) is 5.84. The van der Waals surface area contributed by atoms with Crippen molar-refractivity contribution in [2.75, 3.05) is 6.61 Å². The Balaban J connectivity index is 2.43. The molecule has 1 heterocycles. The van der Waals surface area contributed by atoms with Crippen LogP contribution in [0.1, 0.15) is 5.56 Å². The third-order valence-electron chi connectivity index (χ3n) is 1.63. The second-order valence-corrected chi connectivity index (χ2v) is 2.41. The maximum absolute atomic E-state index is 12.6. The molecule has 1 aliphatic rings. The van der Waals surface area contributed by atoms with Gasteiger partial charge in [-0.3, -0.25) is 0 Å². The van der Waals surface area contributed by atoms with E-state index in [0.29, 0.717) is 18.8 Å². The summed E-state index contributed by atoms with van der Waals surface area (Å²) in [7, 11) is 0. The van der Waals surface area contributed by atoms with Crippen molar-refractivity contribution in [3.05, 3.63) is 29.6 Å². The lowest BCUT2D eigenvalue weighted by molar-refractivity contribution is -0.215. The largest absolute Gasteiger partial charge is 0.337 e. The Kier molecular flexibility index (Phi) is 1.51. The zero-order chi connectivity index (χ0) is 7.68. The van der Waals surface area contributed by atoms with E-state index >= 15 is 0 Å². The van der Waals surface area contributed by atoms with Crippen LogP contribution in [0.3, 0.4) is 0 Å². The van der Waals surface area contributed by atoms with Gasteiger partial charge in [-0.1, -0.05) is 0 Å². The van der Waals surface area contributed by atoms with Crippen molar-refractivity contribution in [3.63, 3.8) is 0 Å². The summed E-state index contributed by atoms with van der Waals surface area (Å²) in [5, 5.41) is 0. The van der Waals surface area contributed by atoms with Crippen LogP contribution < -0.4 is 4.89 Å². The highest BCUT2D eigenvalue weighted by Gasteiger charge is 2.11. The molecule has 0 saturated heterocycles. The summed E-state index contributed by atoms with van der Waals surface area (Å²) in [6.45, 7) is 0.496. The average molecular weight is 154 g/mol. The van der Waals surface area contributed by atoms with Crippen LogP contribution in [0.25, 0.3) is 0 Å². The van der Waals surface area contributed by atoms with Crippen molar-refractivity contribution in [1.29, 1.82) is 0 Å². The minimum Gasteiger partial charge on any atom is -0.337 e. The molecule has 0 saturated carbocycles. The fraction of sp³-hybridized carbons (Fsp3) is 0.250. The molecule has 3 heteroatoms. The molecule has 11 heavy (non-hydrogen) atoms. The van der Waals surface area contributed by atoms with Crippen LogP contribution in [0, 0.1) is 5.82 Å².